The Morgan fingerprint density at radius 2 is 2.09 bits per heavy atom. The van der Waals surface area contributed by atoms with Crippen LogP contribution in [0.25, 0.3) is 5.69 Å². The fourth-order valence-corrected chi connectivity index (χ4v) is 2.61. The van der Waals surface area contributed by atoms with Crippen LogP contribution in [0.15, 0.2) is 24.3 Å². The summed E-state index contributed by atoms with van der Waals surface area (Å²) >= 11 is 6.35. The first kappa shape index (κ1) is 16.6. The molecule has 0 spiro atoms. The van der Waals surface area contributed by atoms with Crippen molar-refractivity contribution >= 4 is 17.6 Å². The lowest BCUT2D eigenvalue weighted by Crippen LogP contribution is -2.09. The van der Waals surface area contributed by atoms with Crippen LogP contribution in [-0.4, -0.2) is 15.5 Å². The molecule has 0 amide bonds. The number of hydrogen-bond donors (Lipinski definition) is 0. The van der Waals surface area contributed by atoms with Crippen molar-refractivity contribution in [1.82, 2.24) is 9.55 Å². The molecule has 2 aromatic rings. The number of unbranched alkanes of at least 4 members (excludes halogenated alkanes) is 1. The highest BCUT2D eigenvalue weighted by Gasteiger charge is 2.18. The summed E-state index contributed by atoms with van der Waals surface area (Å²) in [7, 11) is 0. The number of carbonyl (C=O) groups is 1. The van der Waals surface area contributed by atoms with Gasteiger partial charge in [-0.2, -0.15) is 0 Å². The normalized spacial score (nSPS) is 10.7. The Balaban J connectivity index is 2.50. The van der Waals surface area contributed by atoms with E-state index in [0.717, 1.165) is 42.2 Å². The van der Waals surface area contributed by atoms with Gasteiger partial charge in [0, 0.05) is 13.3 Å². The van der Waals surface area contributed by atoms with Crippen LogP contribution < -0.4 is 0 Å². The van der Waals surface area contributed by atoms with Crippen molar-refractivity contribution in [2.24, 2.45) is 0 Å². The molecule has 0 saturated heterocycles. The highest BCUT2D eigenvalue weighted by molar-refractivity contribution is 6.32. The van der Waals surface area contributed by atoms with E-state index in [-0.39, 0.29) is 12.6 Å². The van der Waals surface area contributed by atoms with Gasteiger partial charge >= 0.3 is 5.97 Å². The van der Waals surface area contributed by atoms with E-state index in [1.807, 2.05) is 35.8 Å². The van der Waals surface area contributed by atoms with Crippen molar-refractivity contribution in [2.75, 3.05) is 0 Å². The Hall–Kier alpha value is -1.81. The summed E-state index contributed by atoms with van der Waals surface area (Å²) in [6, 6.07) is 7.64. The summed E-state index contributed by atoms with van der Waals surface area (Å²) in [5.74, 6) is 0.649. The molecule has 4 nitrogen and oxygen atoms in total. The van der Waals surface area contributed by atoms with Gasteiger partial charge in [0.25, 0.3) is 0 Å². The zero-order chi connectivity index (χ0) is 16.1. The van der Waals surface area contributed by atoms with Gasteiger partial charge in [0.15, 0.2) is 0 Å². The quantitative estimate of drug-likeness (QED) is 0.748. The maximum absolute atomic E-state index is 11.1. The molecule has 1 aromatic heterocycles. The second-order valence-corrected chi connectivity index (χ2v) is 5.64. The molecular weight excluding hydrogens is 300 g/mol. The molecule has 22 heavy (non-hydrogen) atoms. The first-order valence-electron chi connectivity index (χ1n) is 7.50. The van der Waals surface area contributed by atoms with Gasteiger partial charge < -0.3 is 4.74 Å². The number of esters is 1. The maximum Gasteiger partial charge on any atom is 0.303 e. The Morgan fingerprint density at radius 3 is 2.73 bits per heavy atom. The van der Waals surface area contributed by atoms with E-state index in [4.69, 9.17) is 16.3 Å². The minimum atomic E-state index is -0.304. The van der Waals surface area contributed by atoms with E-state index in [9.17, 15) is 4.79 Å². The first-order valence-corrected chi connectivity index (χ1v) is 7.87. The molecule has 0 aliphatic heterocycles. The third-order valence-electron chi connectivity index (χ3n) is 3.50. The standard InChI is InChI=1S/C17H21ClN2O2/c1-4-5-10-17-19-12(2)16(11-22-13(3)21)20(17)15-9-7-6-8-14(15)18/h6-9H,4-5,10-11H2,1-3H3. The lowest BCUT2D eigenvalue weighted by molar-refractivity contribution is -0.142. The Morgan fingerprint density at radius 1 is 1.36 bits per heavy atom. The van der Waals surface area contributed by atoms with Gasteiger partial charge in [0.1, 0.15) is 12.4 Å². The SMILES string of the molecule is CCCCc1nc(C)c(COC(C)=O)n1-c1ccccc1Cl. The van der Waals surface area contributed by atoms with E-state index in [1.54, 1.807) is 0 Å². The third kappa shape index (κ3) is 3.69. The van der Waals surface area contributed by atoms with Crippen LogP contribution in [0.5, 0.6) is 0 Å². The molecule has 118 valence electrons. The van der Waals surface area contributed by atoms with Crippen LogP contribution in [0.2, 0.25) is 5.02 Å². The first-order chi connectivity index (χ1) is 10.5. The van der Waals surface area contributed by atoms with Gasteiger partial charge in [-0.3, -0.25) is 9.36 Å². The van der Waals surface area contributed by atoms with Crippen LogP contribution in [0.4, 0.5) is 0 Å². The number of aromatic nitrogens is 2. The average Bonchev–Trinajstić information content (AvgIpc) is 2.79. The number of rotatable bonds is 6. The second-order valence-electron chi connectivity index (χ2n) is 5.23. The smallest absolute Gasteiger partial charge is 0.303 e. The summed E-state index contributed by atoms with van der Waals surface area (Å²) in [6.45, 7) is 5.69. The zero-order valence-electron chi connectivity index (χ0n) is 13.2. The van der Waals surface area contributed by atoms with Gasteiger partial charge in [0.2, 0.25) is 0 Å². The van der Waals surface area contributed by atoms with Gasteiger partial charge in [0.05, 0.1) is 22.1 Å². The van der Waals surface area contributed by atoms with E-state index in [0.29, 0.717) is 5.02 Å². The molecule has 0 aliphatic carbocycles. The van der Waals surface area contributed by atoms with Crippen molar-refractivity contribution in [3.63, 3.8) is 0 Å². The van der Waals surface area contributed by atoms with Crippen LogP contribution in [0.3, 0.4) is 0 Å². The largest absolute Gasteiger partial charge is 0.459 e. The third-order valence-corrected chi connectivity index (χ3v) is 3.82. The second kappa shape index (κ2) is 7.45. The number of halogens is 1. The van der Waals surface area contributed by atoms with E-state index in [1.165, 1.54) is 6.92 Å². The Kier molecular flexibility index (Phi) is 5.61. The highest BCUT2D eigenvalue weighted by Crippen LogP contribution is 2.26. The molecule has 5 heteroatoms. The van der Waals surface area contributed by atoms with Gasteiger partial charge in [-0.25, -0.2) is 4.98 Å². The zero-order valence-corrected chi connectivity index (χ0v) is 14.0. The van der Waals surface area contributed by atoms with Crippen molar-refractivity contribution in [3.05, 3.63) is 46.5 Å². The molecular formula is C17H21ClN2O2. The predicted octanol–water partition coefficient (Wildman–Crippen LogP) is 4.24. The number of hydrogen-bond acceptors (Lipinski definition) is 3. The fraction of sp³-hybridized carbons (Fsp3) is 0.412. The number of aryl methyl sites for hydroxylation is 2. The monoisotopic (exact) mass is 320 g/mol. The minimum Gasteiger partial charge on any atom is -0.459 e. The molecule has 0 fully saturated rings. The molecule has 0 radical (unpaired) electrons. The summed E-state index contributed by atoms with van der Waals surface area (Å²) in [4.78, 5) is 15.8. The predicted molar refractivity (Wildman–Crippen MR) is 87.4 cm³/mol. The van der Waals surface area contributed by atoms with Crippen LogP contribution in [0.1, 0.15) is 43.9 Å². The van der Waals surface area contributed by atoms with Crippen LogP contribution in [0, 0.1) is 6.92 Å². The summed E-state index contributed by atoms with van der Waals surface area (Å²) < 4.78 is 7.21. The molecule has 0 N–H and O–H groups in total. The van der Waals surface area contributed by atoms with Crippen LogP contribution in [-0.2, 0) is 22.6 Å². The molecule has 1 aromatic carbocycles. The van der Waals surface area contributed by atoms with Gasteiger partial charge in [-0.05, 0) is 25.5 Å². The fourth-order valence-electron chi connectivity index (χ4n) is 2.38. The topological polar surface area (TPSA) is 44.1 Å². The number of para-hydroxylation sites is 1. The molecule has 0 bridgehead atoms. The molecule has 0 unspecified atom stereocenters. The lowest BCUT2D eigenvalue weighted by Gasteiger charge is -2.14. The van der Waals surface area contributed by atoms with Gasteiger partial charge in [-0.15, -0.1) is 0 Å². The number of carbonyl (C=O) groups excluding carboxylic acids is 1. The minimum absolute atomic E-state index is 0.200. The highest BCUT2D eigenvalue weighted by atomic mass is 35.5. The van der Waals surface area contributed by atoms with Crippen LogP contribution >= 0.6 is 11.6 Å². The summed E-state index contributed by atoms with van der Waals surface area (Å²) in [5, 5.41) is 0.654. The summed E-state index contributed by atoms with van der Waals surface area (Å²) in [5.41, 5.74) is 2.61. The molecule has 0 atom stereocenters. The Bertz CT molecular complexity index is 665. The maximum atomic E-state index is 11.1. The Labute approximate surface area is 136 Å². The summed E-state index contributed by atoms with van der Waals surface area (Å²) in [6.07, 6.45) is 3.00. The molecule has 1 heterocycles. The van der Waals surface area contributed by atoms with Crippen molar-refractivity contribution in [2.45, 2.75) is 46.6 Å². The van der Waals surface area contributed by atoms with E-state index < -0.39 is 0 Å². The van der Waals surface area contributed by atoms with Crippen molar-refractivity contribution in [3.8, 4) is 5.69 Å². The molecule has 0 aliphatic rings. The lowest BCUT2D eigenvalue weighted by atomic mass is 10.2. The molecule has 0 saturated carbocycles. The number of ether oxygens (including phenoxy) is 1. The number of benzene rings is 1. The van der Waals surface area contributed by atoms with Crippen molar-refractivity contribution < 1.29 is 9.53 Å². The van der Waals surface area contributed by atoms with Crippen molar-refractivity contribution in [1.29, 1.82) is 0 Å². The van der Waals surface area contributed by atoms with E-state index >= 15 is 0 Å². The van der Waals surface area contributed by atoms with Gasteiger partial charge in [-0.1, -0.05) is 37.1 Å². The number of nitrogens with zero attached hydrogens (tertiary/aromatic N) is 2. The average molecular weight is 321 g/mol. The molecule has 2 rings (SSSR count). The van der Waals surface area contributed by atoms with E-state index in [2.05, 4.69) is 11.9 Å². The number of imidazole rings is 1.